The Balaban J connectivity index is 0. The smallest absolute Gasteiger partial charge is 0.0579 e. The average Bonchev–Trinajstić information content (AvgIpc) is 2.08. The maximum atomic E-state index is 6.47. The molecule has 0 rings (SSSR count). The summed E-state index contributed by atoms with van der Waals surface area (Å²) in [5.41, 5.74) is 0. The van der Waals surface area contributed by atoms with E-state index in [1.54, 1.807) is 0 Å². The summed E-state index contributed by atoms with van der Waals surface area (Å²) in [6.45, 7) is 6.86. The predicted molar refractivity (Wildman–Crippen MR) is 50.8 cm³/mol. The Morgan fingerprint density at radius 1 is 1.00 bits per heavy atom. The highest BCUT2D eigenvalue weighted by atomic mass is 35.5. The lowest BCUT2D eigenvalue weighted by Gasteiger charge is -1.99. The third-order valence-electron chi connectivity index (χ3n) is 1.41. The van der Waals surface area contributed by atoms with Crippen LogP contribution >= 0.6 is 11.9 Å². The molecule has 0 aromatic rings. The Bertz CT molecular complexity index is 47.4. The van der Waals surface area contributed by atoms with Crippen molar-refractivity contribution in [3.05, 3.63) is 0 Å². The van der Waals surface area contributed by atoms with Gasteiger partial charge in [0.15, 0.2) is 0 Å². The molecule has 3 heteroatoms. The molecule has 0 aromatic heterocycles. The summed E-state index contributed by atoms with van der Waals surface area (Å²) >= 11 is 3.64. The van der Waals surface area contributed by atoms with Crippen LogP contribution in [-0.4, -0.2) is 17.7 Å². The van der Waals surface area contributed by atoms with E-state index in [-0.39, 0.29) is 0 Å². The van der Waals surface area contributed by atoms with Gasteiger partial charge in [0.05, 0.1) is 11.9 Å². The number of hydrogen-bond donors (Lipinski definition) is 2. The zero-order valence-corrected chi connectivity index (χ0v) is 8.32. The molecule has 0 spiro atoms. The summed E-state index contributed by atoms with van der Waals surface area (Å²) in [5, 5.41) is 3.39. The molecule has 0 aromatic carbocycles. The molecule has 70 valence electrons. The fourth-order valence-corrected chi connectivity index (χ4v) is 0.729. The second-order valence-electron chi connectivity index (χ2n) is 2.46. The Morgan fingerprint density at radius 3 is 1.64 bits per heavy atom. The summed E-state index contributed by atoms with van der Waals surface area (Å²) in [5.74, 6) is 0. The van der Waals surface area contributed by atoms with Crippen LogP contribution < -0.4 is 5.32 Å². The van der Waals surface area contributed by atoms with Gasteiger partial charge in [-0.3, -0.25) is 4.66 Å². The zero-order valence-electron chi connectivity index (χ0n) is 7.57. The van der Waals surface area contributed by atoms with Crippen molar-refractivity contribution in [1.29, 1.82) is 0 Å². The van der Waals surface area contributed by atoms with Crippen LogP contribution in [-0.2, 0) is 0 Å². The van der Waals surface area contributed by atoms with Crippen molar-refractivity contribution in [2.45, 2.75) is 39.5 Å². The van der Waals surface area contributed by atoms with Crippen LogP contribution in [0.1, 0.15) is 39.5 Å². The van der Waals surface area contributed by atoms with Crippen molar-refractivity contribution >= 4 is 11.9 Å². The Labute approximate surface area is 75.1 Å². The molecule has 0 saturated carbocycles. The lowest BCUT2D eigenvalue weighted by atomic mass is 10.3. The fraction of sp³-hybridized carbons (Fsp3) is 1.00. The Kier molecular flexibility index (Phi) is 20.9. The second-order valence-corrected chi connectivity index (χ2v) is 2.46. The average molecular weight is 182 g/mol. The first-order valence-corrected chi connectivity index (χ1v) is 4.63. The second kappa shape index (κ2) is 16.7. The molecular weight excluding hydrogens is 162 g/mol. The van der Waals surface area contributed by atoms with Crippen molar-refractivity contribution < 1.29 is 4.66 Å². The van der Waals surface area contributed by atoms with E-state index in [0.717, 1.165) is 0 Å². The normalized spacial score (nSPS) is 8.73. The standard InChI is InChI=1S/C8H19N.ClHO/c1-3-5-7-9-8-6-4-2;1-2/h9H,3-8H2,1-2H3;2H. The molecule has 0 aliphatic rings. The highest BCUT2D eigenvalue weighted by Crippen LogP contribution is 1.85. The summed E-state index contributed by atoms with van der Waals surface area (Å²) in [6, 6.07) is 0. The number of hydrogen-bond acceptors (Lipinski definition) is 2. The zero-order chi connectivity index (χ0) is 8.95. The van der Waals surface area contributed by atoms with E-state index in [1.807, 2.05) is 0 Å². The van der Waals surface area contributed by atoms with Crippen LogP contribution in [0.3, 0.4) is 0 Å². The quantitative estimate of drug-likeness (QED) is 0.617. The van der Waals surface area contributed by atoms with Crippen molar-refractivity contribution in [2.75, 3.05) is 13.1 Å². The van der Waals surface area contributed by atoms with E-state index in [1.165, 1.54) is 38.8 Å². The van der Waals surface area contributed by atoms with E-state index in [2.05, 4.69) is 31.0 Å². The molecule has 2 nitrogen and oxygen atoms in total. The molecule has 0 bridgehead atoms. The van der Waals surface area contributed by atoms with Gasteiger partial charge in [0, 0.05) is 0 Å². The molecule has 0 amide bonds. The first-order valence-electron chi connectivity index (χ1n) is 4.29. The van der Waals surface area contributed by atoms with E-state index >= 15 is 0 Å². The van der Waals surface area contributed by atoms with Crippen LogP contribution in [0.2, 0.25) is 0 Å². The first-order chi connectivity index (χ1) is 5.41. The molecule has 0 aliphatic carbocycles. The molecule has 11 heavy (non-hydrogen) atoms. The molecule has 2 N–H and O–H groups in total. The van der Waals surface area contributed by atoms with Crippen molar-refractivity contribution in [3.63, 3.8) is 0 Å². The van der Waals surface area contributed by atoms with E-state index < -0.39 is 0 Å². The number of halogens is 1. The summed E-state index contributed by atoms with van der Waals surface area (Å²) in [6.07, 6.45) is 5.26. The van der Waals surface area contributed by atoms with Crippen LogP contribution in [0.5, 0.6) is 0 Å². The lowest BCUT2D eigenvalue weighted by Crippen LogP contribution is -2.15. The van der Waals surface area contributed by atoms with Crippen molar-refractivity contribution in [1.82, 2.24) is 5.32 Å². The topological polar surface area (TPSA) is 32.3 Å². The monoisotopic (exact) mass is 181 g/mol. The first kappa shape index (κ1) is 13.8. The molecule has 0 saturated heterocycles. The summed E-state index contributed by atoms with van der Waals surface area (Å²) in [4.78, 5) is 0. The van der Waals surface area contributed by atoms with Crippen LogP contribution in [0.15, 0.2) is 0 Å². The van der Waals surface area contributed by atoms with Gasteiger partial charge in [-0.1, -0.05) is 26.7 Å². The third kappa shape index (κ3) is 17.8. The third-order valence-corrected chi connectivity index (χ3v) is 1.41. The minimum Gasteiger partial charge on any atom is -0.317 e. The van der Waals surface area contributed by atoms with Crippen LogP contribution in [0.25, 0.3) is 0 Å². The van der Waals surface area contributed by atoms with Gasteiger partial charge in [-0.05, 0) is 25.9 Å². The van der Waals surface area contributed by atoms with Gasteiger partial charge in [0.2, 0.25) is 0 Å². The highest BCUT2D eigenvalue weighted by Gasteiger charge is 1.83. The number of nitrogens with one attached hydrogen (secondary N) is 1. The molecule has 0 atom stereocenters. The molecule has 0 fully saturated rings. The predicted octanol–water partition coefficient (Wildman–Crippen LogP) is 2.31. The lowest BCUT2D eigenvalue weighted by molar-refractivity contribution is 0.611. The van der Waals surface area contributed by atoms with E-state index in [9.17, 15) is 0 Å². The largest absolute Gasteiger partial charge is 0.317 e. The van der Waals surface area contributed by atoms with E-state index in [0.29, 0.717) is 0 Å². The SMILES string of the molecule is CCCCNCCCC.OCl. The van der Waals surface area contributed by atoms with Crippen LogP contribution in [0.4, 0.5) is 0 Å². The Hall–Kier alpha value is 0.210. The maximum Gasteiger partial charge on any atom is 0.0579 e. The molecule has 0 unspecified atom stereocenters. The van der Waals surface area contributed by atoms with Gasteiger partial charge >= 0.3 is 0 Å². The highest BCUT2D eigenvalue weighted by molar-refractivity contribution is 6.04. The van der Waals surface area contributed by atoms with Crippen LogP contribution in [0, 0.1) is 0 Å². The van der Waals surface area contributed by atoms with Crippen molar-refractivity contribution in [2.24, 2.45) is 0 Å². The van der Waals surface area contributed by atoms with Gasteiger partial charge in [-0.2, -0.15) is 0 Å². The summed E-state index contributed by atoms with van der Waals surface area (Å²) < 4.78 is 6.47. The minimum atomic E-state index is 1.20. The van der Waals surface area contributed by atoms with Gasteiger partial charge in [-0.15, -0.1) is 0 Å². The van der Waals surface area contributed by atoms with Gasteiger partial charge in [0.25, 0.3) is 0 Å². The summed E-state index contributed by atoms with van der Waals surface area (Å²) in [7, 11) is 0. The Morgan fingerprint density at radius 2 is 1.36 bits per heavy atom. The van der Waals surface area contributed by atoms with Gasteiger partial charge < -0.3 is 5.32 Å². The molecule has 0 heterocycles. The van der Waals surface area contributed by atoms with E-state index in [4.69, 9.17) is 4.66 Å². The minimum absolute atomic E-state index is 1.20. The van der Waals surface area contributed by atoms with Crippen molar-refractivity contribution in [3.8, 4) is 0 Å². The fourth-order valence-electron chi connectivity index (χ4n) is 0.729. The molecular formula is C8H20ClNO. The molecule has 0 aliphatic heterocycles. The number of rotatable bonds is 6. The number of unbranched alkanes of at least 4 members (excludes halogenated alkanes) is 2. The maximum absolute atomic E-state index is 6.47. The molecule has 0 radical (unpaired) electrons. The van der Waals surface area contributed by atoms with Gasteiger partial charge in [-0.25, -0.2) is 0 Å². The van der Waals surface area contributed by atoms with Gasteiger partial charge in [0.1, 0.15) is 0 Å².